The normalized spacial score (nSPS) is 16.6. The highest BCUT2D eigenvalue weighted by Crippen LogP contribution is 2.25. The Hall–Kier alpha value is -2.06. The van der Waals surface area contributed by atoms with Crippen LogP contribution in [0.15, 0.2) is 30.3 Å². The molecule has 1 heterocycles. The number of likely N-dealkylation sites (N-methyl/N-ethyl adjacent to an activating group) is 1. The van der Waals surface area contributed by atoms with Crippen LogP contribution in [0, 0.1) is 11.3 Å². The maximum absolute atomic E-state index is 11.8. The largest absolute Gasteiger partial charge is 0.445 e. The van der Waals surface area contributed by atoms with E-state index in [1.807, 2.05) is 49.3 Å². The van der Waals surface area contributed by atoms with Gasteiger partial charge in [-0.15, -0.1) is 0 Å². The van der Waals surface area contributed by atoms with Gasteiger partial charge in [0.1, 0.15) is 12.1 Å². The summed E-state index contributed by atoms with van der Waals surface area (Å²) in [6.07, 6.45) is -0.364. The van der Waals surface area contributed by atoms with Crippen molar-refractivity contribution in [1.29, 1.82) is 5.26 Å². The third-order valence-corrected chi connectivity index (χ3v) is 3.43. The molecule has 0 radical (unpaired) electrons. The van der Waals surface area contributed by atoms with Gasteiger partial charge in [-0.1, -0.05) is 30.3 Å². The van der Waals surface area contributed by atoms with Gasteiger partial charge in [-0.05, 0) is 19.7 Å². The minimum absolute atomic E-state index is 0.262. The summed E-state index contributed by atoms with van der Waals surface area (Å²) in [6, 6.07) is 11.8. The number of likely N-dealkylation sites (tertiary alicyclic amines) is 1. The van der Waals surface area contributed by atoms with E-state index in [9.17, 15) is 4.79 Å². The Labute approximate surface area is 113 Å². The number of amides is 1. The summed E-state index contributed by atoms with van der Waals surface area (Å²) < 4.78 is 5.21. The predicted octanol–water partition coefficient (Wildman–Crippen LogP) is 1.46. The van der Waals surface area contributed by atoms with Crippen molar-refractivity contribution >= 4 is 6.09 Å². The lowest BCUT2D eigenvalue weighted by molar-refractivity contribution is 0.00280. The number of carbonyl (C=O) groups excluding carboxylic acids is 1. The summed E-state index contributed by atoms with van der Waals surface area (Å²) in [5, 5.41) is 9.14. The molecule has 1 aromatic carbocycles. The summed E-state index contributed by atoms with van der Waals surface area (Å²) in [7, 11) is 3.69. The van der Waals surface area contributed by atoms with E-state index in [1.54, 1.807) is 4.90 Å². The maximum Gasteiger partial charge on any atom is 0.410 e. The van der Waals surface area contributed by atoms with Crippen LogP contribution in [0.2, 0.25) is 0 Å². The highest BCUT2D eigenvalue weighted by Gasteiger charge is 2.48. The van der Waals surface area contributed by atoms with Crippen molar-refractivity contribution in [1.82, 2.24) is 9.80 Å². The van der Waals surface area contributed by atoms with Crippen LogP contribution in [0.1, 0.15) is 5.56 Å². The molecule has 1 fully saturated rings. The molecule has 0 unspecified atom stereocenters. The Morgan fingerprint density at radius 1 is 1.42 bits per heavy atom. The Kier molecular flexibility index (Phi) is 3.72. The Balaban J connectivity index is 1.83. The van der Waals surface area contributed by atoms with Gasteiger partial charge in [-0.2, -0.15) is 5.26 Å². The van der Waals surface area contributed by atoms with Gasteiger partial charge in [0.25, 0.3) is 0 Å². The summed E-state index contributed by atoms with van der Waals surface area (Å²) in [5.74, 6) is 0. The molecular formula is C14H17N3O2. The molecule has 0 spiro atoms. The quantitative estimate of drug-likeness (QED) is 0.824. The molecular weight excluding hydrogens is 242 g/mol. The zero-order valence-corrected chi connectivity index (χ0v) is 11.2. The van der Waals surface area contributed by atoms with E-state index in [0.29, 0.717) is 13.1 Å². The van der Waals surface area contributed by atoms with Crippen molar-refractivity contribution in [2.45, 2.75) is 12.1 Å². The molecule has 19 heavy (non-hydrogen) atoms. The third kappa shape index (κ3) is 2.69. The predicted molar refractivity (Wildman–Crippen MR) is 70.2 cm³/mol. The summed E-state index contributed by atoms with van der Waals surface area (Å²) >= 11 is 0. The number of benzene rings is 1. The Bertz CT molecular complexity index is 487. The number of ether oxygens (including phenoxy) is 1. The first-order valence-electron chi connectivity index (χ1n) is 6.12. The van der Waals surface area contributed by atoms with Crippen LogP contribution >= 0.6 is 0 Å². The van der Waals surface area contributed by atoms with Gasteiger partial charge in [0.05, 0.1) is 19.2 Å². The average Bonchev–Trinajstić information content (AvgIpc) is 2.36. The first-order chi connectivity index (χ1) is 9.07. The molecule has 1 amide bonds. The van der Waals surface area contributed by atoms with Crippen LogP contribution in [0.4, 0.5) is 4.79 Å². The summed E-state index contributed by atoms with van der Waals surface area (Å²) in [5.41, 5.74) is 0.390. The van der Waals surface area contributed by atoms with Gasteiger partial charge in [0.2, 0.25) is 0 Å². The van der Waals surface area contributed by atoms with Gasteiger partial charge in [0.15, 0.2) is 0 Å². The van der Waals surface area contributed by atoms with Crippen LogP contribution in [-0.2, 0) is 11.3 Å². The molecule has 1 saturated heterocycles. The van der Waals surface area contributed by atoms with E-state index in [-0.39, 0.29) is 12.7 Å². The second-order valence-corrected chi connectivity index (χ2v) is 4.93. The van der Waals surface area contributed by atoms with E-state index < -0.39 is 5.54 Å². The molecule has 100 valence electrons. The molecule has 2 rings (SSSR count). The first kappa shape index (κ1) is 13.4. The van der Waals surface area contributed by atoms with E-state index in [2.05, 4.69) is 6.07 Å². The number of hydrogen-bond acceptors (Lipinski definition) is 4. The van der Waals surface area contributed by atoms with Crippen LogP contribution < -0.4 is 0 Å². The van der Waals surface area contributed by atoms with Gasteiger partial charge >= 0.3 is 6.09 Å². The molecule has 0 aliphatic carbocycles. The van der Waals surface area contributed by atoms with Gasteiger partial charge < -0.3 is 9.64 Å². The highest BCUT2D eigenvalue weighted by molar-refractivity contribution is 5.69. The topological polar surface area (TPSA) is 56.6 Å². The molecule has 0 saturated carbocycles. The molecule has 0 aromatic heterocycles. The van der Waals surface area contributed by atoms with Crippen molar-refractivity contribution in [3.63, 3.8) is 0 Å². The van der Waals surface area contributed by atoms with Crippen molar-refractivity contribution in [3.8, 4) is 6.07 Å². The number of carbonyl (C=O) groups is 1. The van der Waals surface area contributed by atoms with E-state index >= 15 is 0 Å². The van der Waals surface area contributed by atoms with Crippen molar-refractivity contribution in [3.05, 3.63) is 35.9 Å². The minimum Gasteiger partial charge on any atom is -0.445 e. The third-order valence-electron chi connectivity index (χ3n) is 3.43. The molecule has 0 bridgehead atoms. The molecule has 1 aliphatic heterocycles. The summed E-state index contributed by atoms with van der Waals surface area (Å²) in [4.78, 5) is 15.2. The molecule has 1 aliphatic rings. The number of nitriles is 1. The molecule has 5 heteroatoms. The molecule has 0 atom stereocenters. The second-order valence-electron chi connectivity index (χ2n) is 4.93. The van der Waals surface area contributed by atoms with E-state index in [4.69, 9.17) is 10.00 Å². The lowest BCUT2D eigenvalue weighted by atomic mass is 9.91. The average molecular weight is 259 g/mol. The first-order valence-corrected chi connectivity index (χ1v) is 6.12. The monoisotopic (exact) mass is 259 g/mol. The second kappa shape index (κ2) is 5.29. The van der Waals surface area contributed by atoms with Crippen molar-refractivity contribution in [2.75, 3.05) is 27.2 Å². The van der Waals surface area contributed by atoms with E-state index in [0.717, 1.165) is 5.56 Å². The fourth-order valence-corrected chi connectivity index (χ4v) is 1.98. The lowest BCUT2D eigenvalue weighted by Gasteiger charge is -2.48. The summed E-state index contributed by atoms with van der Waals surface area (Å²) in [6.45, 7) is 1.05. The van der Waals surface area contributed by atoms with E-state index in [1.165, 1.54) is 0 Å². The van der Waals surface area contributed by atoms with Crippen molar-refractivity contribution < 1.29 is 9.53 Å². The fourth-order valence-electron chi connectivity index (χ4n) is 1.98. The number of nitrogens with zero attached hydrogens (tertiary/aromatic N) is 3. The van der Waals surface area contributed by atoms with Gasteiger partial charge in [-0.3, -0.25) is 4.90 Å². The highest BCUT2D eigenvalue weighted by atomic mass is 16.6. The molecule has 1 aromatic rings. The number of hydrogen-bond donors (Lipinski definition) is 0. The molecule has 5 nitrogen and oxygen atoms in total. The van der Waals surface area contributed by atoms with Crippen molar-refractivity contribution in [2.24, 2.45) is 0 Å². The standard InChI is InChI=1S/C14H17N3O2/c1-16(2)14(9-15)10-17(11-14)13(18)19-8-12-6-4-3-5-7-12/h3-7H,8,10-11H2,1-2H3. The van der Waals surface area contributed by atoms with Gasteiger partial charge in [0, 0.05) is 0 Å². The zero-order valence-electron chi connectivity index (χ0n) is 11.2. The van der Waals surface area contributed by atoms with Crippen LogP contribution in [0.5, 0.6) is 0 Å². The van der Waals surface area contributed by atoms with Crippen LogP contribution in [-0.4, -0.2) is 48.6 Å². The van der Waals surface area contributed by atoms with Gasteiger partial charge in [-0.25, -0.2) is 4.79 Å². The Morgan fingerprint density at radius 2 is 2.05 bits per heavy atom. The maximum atomic E-state index is 11.8. The number of rotatable bonds is 3. The van der Waals surface area contributed by atoms with Crippen LogP contribution in [0.25, 0.3) is 0 Å². The van der Waals surface area contributed by atoms with Crippen LogP contribution in [0.3, 0.4) is 0 Å². The fraction of sp³-hybridized carbons (Fsp3) is 0.429. The molecule has 0 N–H and O–H groups in total. The SMILES string of the molecule is CN(C)C1(C#N)CN(C(=O)OCc2ccccc2)C1. The Morgan fingerprint density at radius 3 is 2.58 bits per heavy atom. The zero-order chi connectivity index (χ0) is 13.9. The lowest BCUT2D eigenvalue weighted by Crippen LogP contribution is -2.69. The minimum atomic E-state index is -0.564. The smallest absolute Gasteiger partial charge is 0.410 e.